The summed E-state index contributed by atoms with van der Waals surface area (Å²) in [6.45, 7) is 2.84. The third-order valence-electron chi connectivity index (χ3n) is 6.72. The molecule has 0 bridgehead atoms. The van der Waals surface area contributed by atoms with Gasteiger partial charge in [-0.25, -0.2) is 9.67 Å². The minimum Gasteiger partial charge on any atom is -0.378 e. The van der Waals surface area contributed by atoms with Crippen molar-refractivity contribution in [2.75, 3.05) is 31.2 Å². The van der Waals surface area contributed by atoms with E-state index >= 15 is 0 Å². The molecule has 0 radical (unpaired) electrons. The van der Waals surface area contributed by atoms with Crippen molar-refractivity contribution >= 4 is 11.5 Å². The van der Waals surface area contributed by atoms with Gasteiger partial charge in [0.25, 0.3) is 5.56 Å². The van der Waals surface area contributed by atoms with Gasteiger partial charge in [0.15, 0.2) is 11.5 Å². The summed E-state index contributed by atoms with van der Waals surface area (Å²) in [5.41, 5.74) is 3.43. The molecule has 4 aromatic heterocycles. The first-order chi connectivity index (χ1) is 16.3. The summed E-state index contributed by atoms with van der Waals surface area (Å²) in [5, 5.41) is 8.20. The Morgan fingerprint density at radius 3 is 2.58 bits per heavy atom. The fourth-order valence-electron chi connectivity index (χ4n) is 4.95. The maximum Gasteiger partial charge on any atom is 0.272 e. The van der Waals surface area contributed by atoms with E-state index in [1.54, 1.807) is 23.1 Å². The average Bonchev–Trinajstić information content (AvgIpc) is 3.49. The minimum atomic E-state index is -0.0748. The Morgan fingerprint density at radius 2 is 1.79 bits per heavy atom. The van der Waals surface area contributed by atoms with E-state index in [2.05, 4.69) is 15.0 Å². The predicted octanol–water partition coefficient (Wildman–Crippen LogP) is 3.15. The van der Waals surface area contributed by atoms with Crippen LogP contribution < -0.4 is 10.5 Å². The molecule has 9 nitrogen and oxygen atoms in total. The van der Waals surface area contributed by atoms with Gasteiger partial charge < -0.3 is 9.64 Å². The Labute approximate surface area is 191 Å². The molecule has 0 amide bonds. The second-order valence-electron chi connectivity index (χ2n) is 8.83. The average molecular weight is 446 g/mol. The van der Waals surface area contributed by atoms with Crippen LogP contribution in [0, 0.1) is 0 Å². The monoisotopic (exact) mass is 445 g/mol. The molecule has 1 saturated heterocycles. The van der Waals surface area contributed by atoms with E-state index in [1.807, 2.05) is 28.8 Å². The van der Waals surface area contributed by atoms with E-state index in [0.29, 0.717) is 30.6 Å². The summed E-state index contributed by atoms with van der Waals surface area (Å²) in [6.07, 6.45) is 9.49. The first kappa shape index (κ1) is 20.2. The van der Waals surface area contributed by atoms with Crippen LogP contribution in [0.4, 0.5) is 5.82 Å². The molecule has 1 aliphatic carbocycles. The number of fused-ring (bicyclic) bond motifs is 1. The topological polar surface area (TPSA) is 93.3 Å². The molecule has 0 spiro atoms. The van der Waals surface area contributed by atoms with E-state index in [9.17, 15) is 4.79 Å². The molecule has 4 aromatic rings. The molecule has 0 unspecified atom stereocenters. The number of H-pyrrole nitrogens is 1. The third kappa shape index (κ3) is 3.82. The van der Waals surface area contributed by atoms with Gasteiger partial charge in [0.2, 0.25) is 0 Å². The Morgan fingerprint density at radius 1 is 1.00 bits per heavy atom. The number of morpholine rings is 1. The zero-order valence-corrected chi connectivity index (χ0v) is 18.5. The lowest BCUT2D eigenvalue weighted by molar-refractivity contribution is 0.122. The van der Waals surface area contributed by atoms with Gasteiger partial charge in [0.1, 0.15) is 5.82 Å². The standard InChI is InChI=1S/C24H27N7O2/c32-24-15-20(17-4-2-1-3-5-17)28-31(24)22-16-23(29-10-12-33-13-11-29)30-21(26-22)14-19(27-30)18-6-8-25-9-7-18/h6-9,14-17,28H,1-5,10-13H2. The highest BCUT2D eigenvalue weighted by Gasteiger charge is 2.22. The van der Waals surface area contributed by atoms with Gasteiger partial charge in [-0.3, -0.25) is 14.9 Å². The quantitative estimate of drug-likeness (QED) is 0.519. The van der Waals surface area contributed by atoms with Crippen LogP contribution >= 0.6 is 0 Å². The number of hydrogen-bond acceptors (Lipinski definition) is 6. The maximum absolute atomic E-state index is 13.0. The van der Waals surface area contributed by atoms with Crippen molar-refractivity contribution in [2.45, 2.75) is 38.0 Å². The highest BCUT2D eigenvalue weighted by Crippen LogP contribution is 2.31. The van der Waals surface area contributed by atoms with Crippen molar-refractivity contribution in [1.82, 2.24) is 29.4 Å². The summed E-state index contributed by atoms with van der Waals surface area (Å²) in [6, 6.07) is 9.52. The van der Waals surface area contributed by atoms with E-state index in [1.165, 1.54) is 19.3 Å². The molecule has 0 atom stereocenters. The molecule has 5 heterocycles. The second kappa shape index (κ2) is 8.47. The number of aromatic amines is 1. The van der Waals surface area contributed by atoms with E-state index in [0.717, 1.165) is 48.7 Å². The number of aromatic nitrogens is 6. The van der Waals surface area contributed by atoms with Crippen LogP contribution in [0.25, 0.3) is 22.7 Å². The molecule has 2 fully saturated rings. The van der Waals surface area contributed by atoms with Crippen molar-refractivity contribution in [3.05, 3.63) is 58.8 Å². The summed E-state index contributed by atoms with van der Waals surface area (Å²) in [4.78, 5) is 24.1. The Kier molecular flexibility index (Phi) is 5.18. The zero-order valence-electron chi connectivity index (χ0n) is 18.5. The molecular weight excluding hydrogens is 418 g/mol. The van der Waals surface area contributed by atoms with Gasteiger partial charge in [-0.2, -0.15) is 9.61 Å². The van der Waals surface area contributed by atoms with Crippen LogP contribution in [0.2, 0.25) is 0 Å². The molecule has 33 heavy (non-hydrogen) atoms. The highest BCUT2D eigenvalue weighted by molar-refractivity contribution is 5.66. The van der Waals surface area contributed by atoms with Crippen molar-refractivity contribution in [3.8, 4) is 17.1 Å². The minimum absolute atomic E-state index is 0.0748. The van der Waals surface area contributed by atoms with Crippen molar-refractivity contribution in [2.24, 2.45) is 0 Å². The first-order valence-corrected chi connectivity index (χ1v) is 11.7. The lowest BCUT2D eigenvalue weighted by atomic mass is 9.87. The molecule has 170 valence electrons. The molecule has 9 heteroatoms. The largest absolute Gasteiger partial charge is 0.378 e. The first-order valence-electron chi connectivity index (χ1n) is 11.7. The SMILES string of the molecule is O=c1cc(C2CCCCC2)[nH]n1-c1cc(N2CCOCC2)n2nc(-c3ccncc3)cc2n1. The fraction of sp³-hybridized carbons (Fsp3) is 0.417. The molecule has 1 saturated carbocycles. The zero-order chi connectivity index (χ0) is 22.2. The van der Waals surface area contributed by atoms with Gasteiger partial charge in [-0.05, 0) is 25.0 Å². The number of anilines is 1. The summed E-state index contributed by atoms with van der Waals surface area (Å²) < 4.78 is 9.00. The van der Waals surface area contributed by atoms with Crippen LogP contribution in [0.5, 0.6) is 0 Å². The number of rotatable bonds is 4. The van der Waals surface area contributed by atoms with Crippen LogP contribution in [0.1, 0.15) is 43.7 Å². The molecule has 6 rings (SSSR count). The van der Waals surface area contributed by atoms with Gasteiger partial charge in [-0.15, -0.1) is 0 Å². The molecule has 1 N–H and O–H groups in total. The lowest BCUT2D eigenvalue weighted by Gasteiger charge is -2.29. The Hall–Kier alpha value is -3.46. The number of ether oxygens (including phenoxy) is 1. The van der Waals surface area contributed by atoms with E-state index in [4.69, 9.17) is 14.8 Å². The number of pyridine rings is 1. The second-order valence-corrected chi connectivity index (χ2v) is 8.83. The lowest BCUT2D eigenvalue weighted by Crippen LogP contribution is -2.37. The summed E-state index contributed by atoms with van der Waals surface area (Å²) in [5.74, 6) is 1.90. The fourth-order valence-corrected chi connectivity index (χ4v) is 4.95. The highest BCUT2D eigenvalue weighted by atomic mass is 16.5. The van der Waals surface area contributed by atoms with Crippen LogP contribution in [0.15, 0.2) is 47.5 Å². The molecular formula is C24H27N7O2. The number of nitrogens with zero attached hydrogens (tertiary/aromatic N) is 6. The molecule has 2 aliphatic rings. The number of nitrogens with one attached hydrogen (secondary N) is 1. The smallest absolute Gasteiger partial charge is 0.272 e. The van der Waals surface area contributed by atoms with Gasteiger partial charge in [0.05, 0.1) is 18.9 Å². The van der Waals surface area contributed by atoms with Gasteiger partial charge >= 0.3 is 0 Å². The third-order valence-corrected chi connectivity index (χ3v) is 6.72. The van der Waals surface area contributed by atoms with E-state index in [-0.39, 0.29) is 5.56 Å². The molecule has 0 aromatic carbocycles. The summed E-state index contributed by atoms with van der Waals surface area (Å²) >= 11 is 0. The maximum atomic E-state index is 13.0. The van der Waals surface area contributed by atoms with Crippen LogP contribution in [-0.2, 0) is 4.74 Å². The van der Waals surface area contributed by atoms with Crippen LogP contribution in [0.3, 0.4) is 0 Å². The Bertz CT molecular complexity index is 1310. The van der Waals surface area contributed by atoms with E-state index < -0.39 is 0 Å². The predicted molar refractivity (Wildman–Crippen MR) is 125 cm³/mol. The normalized spacial score (nSPS) is 17.6. The summed E-state index contributed by atoms with van der Waals surface area (Å²) in [7, 11) is 0. The van der Waals surface area contributed by atoms with Crippen molar-refractivity contribution in [3.63, 3.8) is 0 Å². The van der Waals surface area contributed by atoms with Crippen LogP contribution in [-0.4, -0.2) is 55.7 Å². The van der Waals surface area contributed by atoms with Gasteiger partial charge in [-0.1, -0.05) is 19.3 Å². The van der Waals surface area contributed by atoms with Gasteiger partial charge in [0, 0.05) is 60.9 Å². The van der Waals surface area contributed by atoms with Crippen molar-refractivity contribution < 1.29 is 4.74 Å². The van der Waals surface area contributed by atoms with Crippen molar-refractivity contribution in [1.29, 1.82) is 0 Å². The number of hydrogen-bond donors (Lipinski definition) is 1. The molecule has 1 aliphatic heterocycles. The Balaban J connectivity index is 1.47.